The first-order valence-corrected chi connectivity index (χ1v) is 9.21. The van der Waals surface area contributed by atoms with Crippen molar-refractivity contribution in [2.75, 3.05) is 6.61 Å². The molecule has 1 N–H and O–H groups in total. The second kappa shape index (κ2) is 7.95. The number of allylic oxidation sites excluding steroid dienone is 1. The highest BCUT2D eigenvalue weighted by Crippen LogP contribution is 2.29. The first-order valence-electron chi connectivity index (χ1n) is 6.97. The van der Waals surface area contributed by atoms with E-state index in [4.69, 9.17) is 23.2 Å². The molecule has 26 heavy (non-hydrogen) atoms. The maximum absolute atomic E-state index is 12.2. The van der Waals surface area contributed by atoms with Crippen LogP contribution in [-0.2, 0) is 19.6 Å². The lowest BCUT2D eigenvalue weighted by Gasteiger charge is -2.10. The SMILES string of the molecule is O=C(NS(=O)(=O)c1cccc(Cl)c1)C1=C(Cl)C(CCOC(F)(F)F)C=N1. The normalized spacial score (nSPS) is 17.7. The molecule has 0 bridgehead atoms. The summed E-state index contributed by atoms with van der Waals surface area (Å²) in [6.45, 7) is -0.688. The van der Waals surface area contributed by atoms with Crippen molar-refractivity contribution in [1.29, 1.82) is 0 Å². The molecule has 2 rings (SSSR count). The molecule has 0 radical (unpaired) electrons. The number of hydrogen-bond acceptors (Lipinski definition) is 5. The van der Waals surface area contributed by atoms with E-state index in [2.05, 4.69) is 9.73 Å². The number of carbonyl (C=O) groups is 1. The molecule has 0 fully saturated rings. The van der Waals surface area contributed by atoms with E-state index in [9.17, 15) is 26.4 Å². The van der Waals surface area contributed by atoms with Crippen LogP contribution < -0.4 is 4.72 Å². The molecule has 1 atom stereocenters. The van der Waals surface area contributed by atoms with E-state index >= 15 is 0 Å². The summed E-state index contributed by atoms with van der Waals surface area (Å²) in [7, 11) is -4.22. The average Bonchev–Trinajstić information content (AvgIpc) is 2.87. The summed E-state index contributed by atoms with van der Waals surface area (Å²) < 4.78 is 65.6. The molecule has 1 heterocycles. The van der Waals surface area contributed by atoms with Crippen LogP contribution in [0.5, 0.6) is 0 Å². The summed E-state index contributed by atoms with van der Waals surface area (Å²) >= 11 is 11.6. The Bertz CT molecular complexity index is 869. The van der Waals surface area contributed by atoms with Crippen LogP contribution in [0.2, 0.25) is 5.02 Å². The third kappa shape index (κ3) is 5.44. The van der Waals surface area contributed by atoms with E-state index in [1.165, 1.54) is 18.2 Å². The van der Waals surface area contributed by atoms with Gasteiger partial charge in [-0.25, -0.2) is 13.1 Å². The minimum Gasteiger partial charge on any atom is -0.292 e. The summed E-state index contributed by atoms with van der Waals surface area (Å²) in [6.07, 6.45) is -3.81. The highest BCUT2D eigenvalue weighted by atomic mass is 35.5. The van der Waals surface area contributed by atoms with Crippen LogP contribution in [0.15, 0.2) is 44.9 Å². The largest absolute Gasteiger partial charge is 0.522 e. The molecule has 0 saturated heterocycles. The van der Waals surface area contributed by atoms with Gasteiger partial charge in [0.25, 0.3) is 15.9 Å². The zero-order valence-electron chi connectivity index (χ0n) is 12.8. The molecule has 1 unspecified atom stereocenters. The first kappa shape index (κ1) is 20.7. The van der Waals surface area contributed by atoms with Gasteiger partial charge in [-0.15, -0.1) is 13.2 Å². The fourth-order valence-corrected chi connectivity index (χ4v) is 3.55. The Labute approximate surface area is 156 Å². The minimum absolute atomic E-state index is 0.154. The van der Waals surface area contributed by atoms with Gasteiger partial charge in [0.15, 0.2) is 0 Å². The van der Waals surface area contributed by atoms with E-state index in [0.29, 0.717) is 0 Å². The third-order valence-electron chi connectivity index (χ3n) is 3.18. The number of nitrogens with zero attached hydrogens (tertiary/aromatic N) is 1. The van der Waals surface area contributed by atoms with Crippen molar-refractivity contribution in [2.24, 2.45) is 10.9 Å². The van der Waals surface area contributed by atoms with Crippen molar-refractivity contribution in [1.82, 2.24) is 4.72 Å². The van der Waals surface area contributed by atoms with Gasteiger partial charge >= 0.3 is 6.36 Å². The summed E-state index contributed by atoms with van der Waals surface area (Å²) in [6, 6.07) is 5.21. The second-order valence-electron chi connectivity index (χ2n) is 5.06. The van der Waals surface area contributed by atoms with Crippen LogP contribution in [0.1, 0.15) is 6.42 Å². The number of nitrogens with one attached hydrogen (secondary N) is 1. The van der Waals surface area contributed by atoms with Gasteiger partial charge in [0.2, 0.25) is 0 Å². The minimum atomic E-state index is -4.78. The molecule has 1 aliphatic heterocycles. The number of sulfonamides is 1. The maximum atomic E-state index is 12.2. The average molecular weight is 431 g/mol. The Kier molecular flexibility index (Phi) is 6.33. The van der Waals surface area contributed by atoms with E-state index in [1.807, 2.05) is 0 Å². The first-order chi connectivity index (χ1) is 12.0. The van der Waals surface area contributed by atoms with Crippen molar-refractivity contribution in [2.45, 2.75) is 17.7 Å². The van der Waals surface area contributed by atoms with Gasteiger partial charge in [0, 0.05) is 17.2 Å². The molecule has 1 aliphatic rings. The quantitative estimate of drug-likeness (QED) is 0.750. The summed E-state index contributed by atoms with van der Waals surface area (Å²) in [5.74, 6) is -1.89. The van der Waals surface area contributed by atoms with Crippen molar-refractivity contribution in [3.63, 3.8) is 0 Å². The Morgan fingerprint density at radius 3 is 2.62 bits per heavy atom. The van der Waals surface area contributed by atoms with Gasteiger partial charge in [-0.1, -0.05) is 29.3 Å². The molecular weight excluding hydrogens is 420 g/mol. The van der Waals surface area contributed by atoms with Crippen LogP contribution >= 0.6 is 23.2 Å². The molecular formula is C14H11Cl2F3N2O4S. The molecule has 6 nitrogen and oxygen atoms in total. The number of aliphatic imine (C=N–C) groups is 1. The molecule has 0 aliphatic carbocycles. The Balaban J connectivity index is 2.06. The van der Waals surface area contributed by atoms with Gasteiger partial charge in [0.05, 0.1) is 16.5 Å². The van der Waals surface area contributed by atoms with Crippen molar-refractivity contribution in [3.8, 4) is 0 Å². The number of hydrogen-bond donors (Lipinski definition) is 1. The Morgan fingerprint density at radius 1 is 1.31 bits per heavy atom. The lowest BCUT2D eigenvalue weighted by molar-refractivity contribution is -0.324. The number of ether oxygens (including phenoxy) is 1. The van der Waals surface area contributed by atoms with E-state index in [-0.39, 0.29) is 21.4 Å². The lowest BCUT2D eigenvalue weighted by atomic mass is 10.1. The Morgan fingerprint density at radius 2 is 2.00 bits per heavy atom. The van der Waals surface area contributed by atoms with Crippen molar-refractivity contribution < 1.29 is 31.1 Å². The van der Waals surface area contributed by atoms with Crippen LogP contribution in [0.4, 0.5) is 13.2 Å². The number of amides is 1. The lowest BCUT2D eigenvalue weighted by Crippen LogP contribution is -2.31. The van der Waals surface area contributed by atoms with E-state index < -0.39 is 40.5 Å². The zero-order valence-corrected chi connectivity index (χ0v) is 15.1. The van der Waals surface area contributed by atoms with Crippen LogP contribution in [0.3, 0.4) is 0 Å². The van der Waals surface area contributed by atoms with E-state index in [0.717, 1.165) is 12.3 Å². The predicted molar refractivity (Wildman–Crippen MR) is 88.3 cm³/mol. The highest BCUT2D eigenvalue weighted by molar-refractivity contribution is 7.90. The summed E-state index contributed by atoms with van der Waals surface area (Å²) in [5.41, 5.74) is -0.394. The maximum Gasteiger partial charge on any atom is 0.522 e. The topological polar surface area (TPSA) is 84.8 Å². The fourth-order valence-electron chi connectivity index (χ4n) is 2.00. The zero-order chi connectivity index (χ0) is 19.5. The predicted octanol–water partition coefficient (Wildman–Crippen LogP) is 3.22. The van der Waals surface area contributed by atoms with E-state index in [1.54, 1.807) is 4.72 Å². The number of halogens is 5. The molecule has 0 aromatic heterocycles. The molecule has 0 spiro atoms. The van der Waals surface area contributed by atoms with Gasteiger partial charge in [0.1, 0.15) is 5.70 Å². The highest BCUT2D eigenvalue weighted by Gasteiger charge is 2.31. The summed E-state index contributed by atoms with van der Waals surface area (Å²) in [4.78, 5) is 15.6. The molecule has 0 saturated carbocycles. The standard InChI is InChI=1S/C14H11Cl2F3N2O4S/c15-9-2-1-3-10(6-9)26(23,24)21-13(22)12-11(16)8(7-20-12)4-5-25-14(17,18)19/h1-3,6-8H,4-5H2,(H,21,22). The number of rotatable bonds is 6. The van der Waals surface area contributed by atoms with Crippen molar-refractivity contribution >= 4 is 45.3 Å². The van der Waals surface area contributed by atoms with Gasteiger partial charge < -0.3 is 0 Å². The van der Waals surface area contributed by atoms with Crippen LogP contribution in [-0.4, -0.2) is 33.5 Å². The van der Waals surface area contributed by atoms with Gasteiger partial charge in [-0.3, -0.25) is 14.5 Å². The Hall–Kier alpha value is -1.62. The number of alkyl halides is 3. The third-order valence-corrected chi connectivity index (χ3v) is 5.20. The van der Waals surface area contributed by atoms with Gasteiger partial charge in [-0.05, 0) is 24.6 Å². The number of carbonyl (C=O) groups excluding carboxylic acids is 1. The molecule has 12 heteroatoms. The smallest absolute Gasteiger partial charge is 0.292 e. The monoisotopic (exact) mass is 430 g/mol. The molecule has 142 valence electrons. The second-order valence-corrected chi connectivity index (χ2v) is 7.58. The summed E-state index contributed by atoms with van der Waals surface area (Å²) in [5, 5.41) is -0.0178. The van der Waals surface area contributed by atoms with Crippen LogP contribution in [0, 0.1) is 5.92 Å². The molecule has 1 amide bonds. The molecule has 1 aromatic carbocycles. The fraction of sp³-hybridized carbons (Fsp3) is 0.286. The number of benzene rings is 1. The van der Waals surface area contributed by atoms with Gasteiger partial charge in [-0.2, -0.15) is 0 Å². The van der Waals surface area contributed by atoms with Crippen LogP contribution in [0.25, 0.3) is 0 Å². The molecule has 1 aromatic rings. The van der Waals surface area contributed by atoms with Crippen molar-refractivity contribution in [3.05, 3.63) is 40.0 Å².